The fourth-order valence-corrected chi connectivity index (χ4v) is 4.34. The van der Waals surface area contributed by atoms with Crippen molar-refractivity contribution in [3.05, 3.63) is 36.8 Å². The first-order valence-electron chi connectivity index (χ1n) is 9.44. The Bertz CT molecular complexity index is 1190. The average Bonchev–Trinajstić information content (AvgIpc) is 3.23. The van der Waals surface area contributed by atoms with E-state index in [0.29, 0.717) is 36.3 Å². The lowest BCUT2D eigenvalue weighted by Crippen LogP contribution is -2.36. The Hall–Kier alpha value is -3.37. The second kappa shape index (κ2) is 7.81. The zero-order valence-electron chi connectivity index (χ0n) is 16.3. The lowest BCUT2D eigenvalue weighted by molar-refractivity contribution is 0.122. The Morgan fingerprint density at radius 3 is 2.73 bits per heavy atom. The predicted octanol–water partition coefficient (Wildman–Crippen LogP) is 2.64. The fraction of sp³-hybridized carbons (Fsp3) is 0.250. The molecule has 0 aromatic carbocycles. The second-order valence-electron chi connectivity index (χ2n) is 6.69. The minimum Gasteiger partial charge on any atom is -0.496 e. The summed E-state index contributed by atoms with van der Waals surface area (Å²) in [5.74, 6) is 2.58. The molecule has 0 atom stereocenters. The number of morpholine rings is 1. The number of methoxy groups -OCH3 is 1. The highest BCUT2D eigenvalue weighted by atomic mass is 32.1. The maximum atomic E-state index is 5.73. The normalized spacial score (nSPS) is 14.2. The second-order valence-corrected chi connectivity index (χ2v) is 7.69. The predicted molar refractivity (Wildman–Crippen MR) is 116 cm³/mol. The smallest absolute Gasteiger partial charge is 0.177 e. The van der Waals surface area contributed by atoms with Gasteiger partial charge in [-0.1, -0.05) is 0 Å². The molecule has 1 saturated heterocycles. The van der Waals surface area contributed by atoms with Crippen LogP contribution in [-0.2, 0) is 4.74 Å². The van der Waals surface area contributed by atoms with E-state index in [9.17, 15) is 0 Å². The molecule has 4 aromatic heterocycles. The number of nitrogens with zero attached hydrogens (tertiary/aromatic N) is 6. The molecule has 5 heterocycles. The topological polar surface area (TPSA) is 112 Å². The van der Waals surface area contributed by atoms with Gasteiger partial charge in [0.15, 0.2) is 17.3 Å². The molecule has 1 aliphatic heterocycles. The van der Waals surface area contributed by atoms with Gasteiger partial charge < -0.3 is 20.1 Å². The summed E-state index contributed by atoms with van der Waals surface area (Å²) in [5.41, 5.74) is 7.98. The van der Waals surface area contributed by atoms with Crippen LogP contribution in [0.2, 0.25) is 0 Å². The largest absolute Gasteiger partial charge is 0.496 e. The number of nitrogens with two attached hydrogens (primary N) is 1. The van der Waals surface area contributed by atoms with E-state index < -0.39 is 0 Å². The Morgan fingerprint density at radius 2 is 1.97 bits per heavy atom. The van der Waals surface area contributed by atoms with E-state index in [4.69, 9.17) is 30.2 Å². The van der Waals surface area contributed by atoms with Crippen LogP contribution in [0.4, 0.5) is 11.6 Å². The molecule has 0 aliphatic carbocycles. The van der Waals surface area contributed by atoms with Gasteiger partial charge in [0.05, 0.1) is 25.9 Å². The van der Waals surface area contributed by atoms with Gasteiger partial charge in [-0.15, -0.1) is 11.3 Å². The first kappa shape index (κ1) is 18.6. The lowest BCUT2D eigenvalue weighted by Gasteiger charge is -2.28. The monoisotopic (exact) mass is 421 g/mol. The third-order valence-electron chi connectivity index (χ3n) is 4.82. The molecule has 0 radical (unpaired) electrons. The highest BCUT2D eigenvalue weighted by Gasteiger charge is 2.22. The van der Waals surface area contributed by atoms with Crippen LogP contribution >= 0.6 is 11.3 Å². The molecular formula is C20H19N7O2S. The SMILES string of the molecule is COc1ccncc1-c1nc2nc(-c3ccc(N)nc3)nc(N3CCOCC3)c2s1. The molecule has 0 amide bonds. The highest BCUT2D eigenvalue weighted by molar-refractivity contribution is 7.22. The van der Waals surface area contributed by atoms with Gasteiger partial charge in [0.25, 0.3) is 0 Å². The molecular weight excluding hydrogens is 402 g/mol. The summed E-state index contributed by atoms with van der Waals surface area (Å²) in [4.78, 5) is 25.0. The van der Waals surface area contributed by atoms with Crippen LogP contribution in [0.25, 0.3) is 32.3 Å². The maximum absolute atomic E-state index is 5.73. The summed E-state index contributed by atoms with van der Waals surface area (Å²) in [6, 6.07) is 5.43. The summed E-state index contributed by atoms with van der Waals surface area (Å²) in [6.07, 6.45) is 5.13. The highest BCUT2D eigenvalue weighted by Crippen LogP contribution is 2.38. The van der Waals surface area contributed by atoms with Gasteiger partial charge >= 0.3 is 0 Å². The van der Waals surface area contributed by atoms with E-state index in [1.54, 1.807) is 31.8 Å². The van der Waals surface area contributed by atoms with Crippen molar-refractivity contribution in [1.82, 2.24) is 24.9 Å². The summed E-state index contributed by atoms with van der Waals surface area (Å²) in [5, 5.41) is 0.784. The molecule has 10 heteroatoms. The standard InChI is InChI=1S/C20H19N7O2S/c1-28-14-4-5-22-11-13(14)20-26-18-16(30-20)19(27-6-8-29-9-7-27)25-17(24-18)12-2-3-15(21)23-10-12/h2-5,10-11H,6-9H2,1H3,(H2,21,23). The molecule has 5 rings (SSSR count). The van der Waals surface area contributed by atoms with Crippen molar-refractivity contribution in [2.75, 3.05) is 44.0 Å². The van der Waals surface area contributed by atoms with Crippen molar-refractivity contribution in [3.8, 4) is 27.7 Å². The first-order chi connectivity index (χ1) is 14.7. The fourth-order valence-electron chi connectivity index (χ4n) is 3.30. The molecule has 30 heavy (non-hydrogen) atoms. The van der Waals surface area contributed by atoms with Crippen LogP contribution in [0.15, 0.2) is 36.8 Å². The van der Waals surface area contributed by atoms with Crippen molar-refractivity contribution in [2.24, 2.45) is 0 Å². The van der Waals surface area contributed by atoms with Crippen molar-refractivity contribution in [2.45, 2.75) is 0 Å². The number of anilines is 2. The number of aromatic nitrogens is 5. The average molecular weight is 421 g/mol. The maximum Gasteiger partial charge on any atom is 0.177 e. The molecule has 2 N–H and O–H groups in total. The molecule has 0 spiro atoms. The van der Waals surface area contributed by atoms with Gasteiger partial charge in [-0.05, 0) is 18.2 Å². The van der Waals surface area contributed by atoms with E-state index >= 15 is 0 Å². The van der Waals surface area contributed by atoms with Crippen molar-refractivity contribution in [1.29, 1.82) is 0 Å². The zero-order valence-corrected chi connectivity index (χ0v) is 17.1. The summed E-state index contributed by atoms with van der Waals surface area (Å²) in [6.45, 7) is 2.84. The van der Waals surface area contributed by atoms with E-state index in [1.165, 1.54) is 11.3 Å². The van der Waals surface area contributed by atoms with E-state index in [0.717, 1.165) is 39.7 Å². The van der Waals surface area contributed by atoms with Crippen LogP contribution < -0.4 is 15.4 Å². The van der Waals surface area contributed by atoms with Gasteiger partial charge in [-0.2, -0.15) is 0 Å². The third kappa shape index (κ3) is 3.40. The molecule has 0 unspecified atom stereocenters. The lowest BCUT2D eigenvalue weighted by atomic mass is 10.2. The molecule has 9 nitrogen and oxygen atoms in total. The molecule has 1 fully saturated rings. The van der Waals surface area contributed by atoms with Crippen molar-refractivity contribution in [3.63, 3.8) is 0 Å². The van der Waals surface area contributed by atoms with Crippen molar-refractivity contribution < 1.29 is 9.47 Å². The van der Waals surface area contributed by atoms with E-state index in [1.807, 2.05) is 12.1 Å². The number of hydrogen-bond acceptors (Lipinski definition) is 10. The number of hydrogen-bond donors (Lipinski definition) is 1. The number of ether oxygens (including phenoxy) is 2. The molecule has 0 saturated carbocycles. The van der Waals surface area contributed by atoms with Crippen LogP contribution in [0.3, 0.4) is 0 Å². The summed E-state index contributed by atoms with van der Waals surface area (Å²) >= 11 is 1.53. The number of pyridine rings is 2. The van der Waals surface area contributed by atoms with E-state index in [2.05, 4.69) is 14.9 Å². The zero-order chi connectivity index (χ0) is 20.5. The minimum atomic E-state index is 0.452. The third-order valence-corrected chi connectivity index (χ3v) is 5.90. The van der Waals surface area contributed by atoms with Crippen LogP contribution in [0, 0.1) is 0 Å². The Labute approximate surface area is 176 Å². The van der Waals surface area contributed by atoms with E-state index in [-0.39, 0.29) is 0 Å². The number of fused-ring (bicyclic) bond motifs is 1. The Morgan fingerprint density at radius 1 is 1.10 bits per heavy atom. The van der Waals surface area contributed by atoms with Gasteiger partial charge in [0.2, 0.25) is 0 Å². The molecule has 1 aliphatic rings. The van der Waals surface area contributed by atoms with Crippen LogP contribution in [0.1, 0.15) is 0 Å². The Balaban J connectivity index is 1.69. The molecule has 4 aromatic rings. The first-order valence-corrected chi connectivity index (χ1v) is 10.3. The van der Waals surface area contributed by atoms with Crippen LogP contribution in [-0.4, -0.2) is 58.3 Å². The number of thiazole rings is 1. The molecule has 152 valence electrons. The Kier molecular flexibility index (Phi) is 4.85. The number of nitrogen functional groups attached to an aromatic ring is 1. The van der Waals surface area contributed by atoms with Gasteiger partial charge in [0.1, 0.15) is 21.3 Å². The van der Waals surface area contributed by atoms with Gasteiger partial charge in [-0.25, -0.2) is 19.9 Å². The summed E-state index contributed by atoms with van der Waals surface area (Å²) in [7, 11) is 1.64. The van der Waals surface area contributed by atoms with Gasteiger partial charge in [0, 0.05) is 37.2 Å². The van der Waals surface area contributed by atoms with Crippen LogP contribution in [0.5, 0.6) is 5.75 Å². The minimum absolute atomic E-state index is 0.452. The molecule has 0 bridgehead atoms. The van der Waals surface area contributed by atoms with Crippen molar-refractivity contribution >= 4 is 33.3 Å². The van der Waals surface area contributed by atoms with Gasteiger partial charge in [-0.3, -0.25) is 4.98 Å². The quantitative estimate of drug-likeness (QED) is 0.531. The summed E-state index contributed by atoms with van der Waals surface area (Å²) < 4.78 is 11.9. The number of rotatable bonds is 4.